The number of rotatable bonds is 5. The molecule has 0 bridgehead atoms. The van der Waals surface area contributed by atoms with Gasteiger partial charge in [-0.25, -0.2) is 0 Å². The lowest BCUT2D eigenvalue weighted by molar-refractivity contribution is -0.138. The van der Waals surface area contributed by atoms with Crippen molar-refractivity contribution in [3.63, 3.8) is 0 Å². The van der Waals surface area contributed by atoms with Gasteiger partial charge in [-0.15, -0.1) is 0 Å². The first-order valence-electron chi connectivity index (χ1n) is 8.51. The van der Waals surface area contributed by atoms with Crippen molar-refractivity contribution in [2.45, 2.75) is 45.2 Å². The highest BCUT2D eigenvalue weighted by molar-refractivity contribution is 5.79. The largest absolute Gasteiger partial charge is 0.330 e. The third-order valence-electron chi connectivity index (χ3n) is 4.77. The molecule has 1 amide bonds. The normalized spacial score (nSPS) is 16.2. The van der Waals surface area contributed by atoms with Crippen molar-refractivity contribution in [3.8, 4) is 0 Å². The lowest BCUT2D eigenvalue weighted by Gasteiger charge is -2.31. The fourth-order valence-electron chi connectivity index (χ4n) is 3.38. The molecule has 3 rings (SSSR count). The molecule has 0 radical (unpaired) electrons. The lowest BCUT2D eigenvalue weighted by atomic mass is 10.0. The van der Waals surface area contributed by atoms with Crippen LogP contribution < -0.4 is 0 Å². The molecule has 1 fully saturated rings. The zero-order valence-corrected chi connectivity index (χ0v) is 13.7. The van der Waals surface area contributed by atoms with Gasteiger partial charge in [0.15, 0.2) is 0 Å². The summed E-state index contributed by atoms with van der Waals surface area (Å²) in [6.45, 7) is 2.73. The standard InChI is InChI=1S/C20H24N2O/c1-16(19-13-7-8-14-21-19)22(15-17-9-3-2-4-10-17)20(23)18-11-5-6-12-18/h2-4,7-10,13-14,16,18H,5-6,11-12,15H2,1H3/t16-/m0/s1. The maximum atomic E-state index is 13.1. The number of aromatic nitrogens is 1. The molecule has 120 valence electrons. The van der Waals surface area contributed by atoms with Crippen LogP contribution in [0.3, 0.4) is 0 Å². The predicted octanol–water partition coefficient (Wildman–Crippen LogP) is 4.36. The van der Waals surface area contributed by atoms with Gasteiger partial charge in [0.05, 0.1) is 11.7 Å². The van der Waals surface area contributed by atoms with Gasteiger partial charge >= 0.3 is 0 Å². The molecule has 1 heterocycles. The van der Waals surface area contributed by atoms with E-state index in [9.17, 15) is 4.79 Å². The smallest absolute Gasteiger partial charge is 0.226 e. The quantitative estimate of drug-likeness (QED) is 0.822. The van der Waals surface area contributed by atoms with Crippen molar-refractivity contribution >= 4 is 5.91 Å². The second-order valence-corrected chi connectivity index (χ2v) is 6.36. The lowest BCUT2D eigenvalue weighted by Crippen LogP contribution is -2.37. The van der Waals surface area contributed by atoms with Crippen molar-refractivity contribution in [1.29, 1.82) is 0 Å². The molecule has 1 atom stereocenters. The highest BCUT2D eigenvalue weighted by Crippen LogP contribution is 2.30. The SMILES string of the molecule is C[C@@H](c1ccccn1)N(Cc1ccccc1)C(=O)C1CCCC1. The molecule has 1 aromatic carbocycles. The van der Waals surface area contributed by atoms with Crippen LogP contribution in [0.1, 0.15) is 49.9 Å². The summed E-state index contributed by atoms with van der Waals surface area (Å²) in [5, 5.41) is 0. The van der Waals surface area contributed by atoms with Gasteiger partial charge in [-0.05, 0) is 37.5 Å². The predicted molar refractivity (Wildman–Crippen MR) is 91.6 cm³/mol. The summed E-state index contributed by atoms with van der Waals surface area (Å²) < 4.78 is 0. The summed E-state index contributed by atoms with van der Waals surface area (Å²) in [5.74, 6) is 0.467. The third-order valence-corrected chi connectivity index (χ3v) is 4.77. The molecular formula is C20H24N2O. The fraction of sp³-hybridized carbons (Fsp3) is 0.400. The van der Waals surface area contributed by atoms with Gasteiger partial charge in [-0.1, -0.05) is 49.2 Å². The Hall–Kier alpha value is -2.16. The van der Waals surface area contributed by atoms with Crippen molar-refractivity contribution in [3.05, 3.63) is 66.0 Å². The van der Waals surface area contributed by atoms with E-state index >= 15 is 0 Å². The molecule has 0 N–H and O–H groups in total. The van der Waals surface area contributed by atoms with Gasteiger partial charge in [0.1, 0.15) is 0 Å². The first-order valence-corrected chi connectivity index (χ1v) is 8.51. The third kappa shape index (κ3) is 3.79. The van der Waals surface area contributed by atoms with Crippen LogP contribution in [0.2, 0.25) is 0 Å². The van der Waals surface area contributed by atoms with Gasteiger partial charge < -0.3 is 4.90 Å². The molecule has 23 heavy (non-hydrogen) atoms. The van der Waals surface area contributed by atoms with Crippen molar-refractivity contribution < 1.29 is 4.79 Å². The molecule has 1 aromatic heterocycles. The first kappa shape index (κ1) is 15.7. The van der Waals surface area contributed by atoms with E-state index in [4.69, 9.17) is 0 Å². The Morgan fingerprint density at radius 3 is 2.48 bits per heavy atom. The van der Waals surface area contributed by atoms with E-state index in [-0.39, 0.29) is 17.9 Å². The van der Waals surface area contributed by atoms with Crippen LogP contribution >= 0.6 is 0 Å². The minimum Gasteiger partial charge on any atom is -0.330 e. The Labute approximate surface area is 138 Å². The summed E-state index contributed by atoms with van der Waals surface area (Å²) in [7, 11) is 0. The van der Waals surface area contributed by atoms with Crippen LogP contribution in [0.5, 0.6) is 0 Å². The van der Waals surface area contributed by atoms with E-state index in [1.54, 1.807) is 6.20 Å². The van der Waals surface area contributed by atoms with Crippen LogP contribution in [0.4, 0.5) is 0 Å². The van der Waals surface area contributed by atoms with E-state index in [1.807, 2.05) is 41.3 Å². The summed E-state index contributed by atoms with van der Waals surface area (Å²) in [6, 6.07) is 16.1. The summed E-state index contributed by atoms with van der Waals surface area (Å²) in [4.78, 5) is 19.5. The number of pyridine rings is 1. The molecule has 1 aliphatic rings. The molecule has 2 aromatic rings. The zero-order valence-electron chi connectivity index (χ0n) is 13.7. The van der Waals surface area contributed by atoms with Gasteiger partial charge in [0.2, 0.25) is 5.91 Å². The van der Waals surface area contributed by atoms with Gasteiger partial charge in [-0.3, -0.25) is 9.78 Å². The van der Waals surface area contributed by atoms with Gasteiger partial charge in [0.25, 0.3) is 0 Å². The number of benzene rings is 1. The Bertz CT molecular complexity index is 621. The highest BCUT2D eigenvalue weighted by Gasteiger charge is 2.30. The molecule has 0 aliphatic heterocycles. The van der Waals surface area contributed by atoms with E-state index < -0.39 is 0 Å². The van der Waals surface area contributed by atoms with Gasteiger partial charge in [-0.2, -0.15) is 0 Å². The molecule has 1 aliphatic carbocycles. The average molecular weight is 308 g/mol. The first-order chi connectivity index (χ1) is 11.3. The maximum absolute atomic E-state index is 13.1. The molecule has 3 nitrogen and oxygen atoms in total. The fourth-order valence-corrected chi connectivity index (χ4v) is 3.38. The minimum absolute atomic E-state index is 0.00972. The highest BCUT2D eigenvalue weighted by atomic mass is 16.2. The van der Waals surface area contributed by atoms with Gasteiger partial charge in [0, 0.05) is 18.7 Å². The second-order valence-electron chi connectivity index (χ2n) is 6.36. The van der Waals surface area contributed by atoms with Crippen molar-refractivity contribution in [1.82, 2.24) is 9.88 Å². The Kier molecular flexibility index (Phi) is 5.06. The molecule has 3 heteroatoms. The van der Waals surface area contributed by atoms with Crippen LogP contribution in [0.15, 0.2) is 54.7 Å². The Morgan fingerprint density at radius 1 is 1.13 bits per heavy atom. The number of amides is 1. The maximum Gasteiger partial charge on any atom is 0.226 e. The molecular weight excluding hydrogens is 284 g/mol. The summed E-state index contributed by atoms with van der Waals surface area (Å²) >= 11 is 0. The number of carbonyl (C=O) groups is 1. The van der Waals surface area contributed by atoms with Crippen LogP contribution in [0.25, 0.3) is 0 Å². The Balaban J connectivity index is 1.84. The zero-order chi connectivity index (χ0) is 16.1. The van der Waals surface area contributed by atoms with Crippen LogP contribution in [-0.2, 0) is 11.3 Å². The number of hydrogen-bond donors (Lipinski definition) is 0. The average Bonchev–Trinajstić information content (AvgIpc) is 3.15. The van der Waals surface area contributed by atoms with E-state index in [0.29, 0.717) is 6.54 Å². The van der Waals surface area contributed by atoms with Crippen molar-refractivity contribution in [2.75, 3.05) is 0 Å². The van der Waals surface area contributed by atoms with E-state index in [2.05, 4.69) is 24.0 Å². The minimum atomic E-state index is -0.00972. The molecule has 1 saturated carbocycles. The number of carbonyl (C=O) groups excluding carboxylic acids is 1. The van der Waals surface area contributed by atoms with E-state index in [1.165, 1.54) is 18.4 Å². The molecule has 0 spiro atoms. The monoisotopic (exact) mass is 308 g/mol. The second kappa shape index (κ2) is 7.40. The summed E-state index contributed by atoms with van der Waals surface area (Å²) in [5.41, 5.74) is 2.12. The van der Waals surface area contributed by atoms with E-state index in [0.717, 1.165) is 18.5 Å². The van der Waals surface area contributed by atoms with Crippen LogP contribution in [-0.4, -0.2) is 15.8 Å². The molecule has 0 unspecified atom stereocenters. The summed E-state index contributed by atoms with van der Waals surface area (Å²) in [6.07, 6.45) is 6.20. The topological polar surface area (TPSA) is 33.2 Å². The number of nitrogens with zero attached hydrogens (tertiary/aromatic N) is 2. The van der Waals surface area contributed by atoms with Crippen LogP contribution in [0, 0.1) is 5.92 Å². The number of hydrogen-bond acceptors (Lipinski definition) is 2. The molecule has 0 saturated heterocycles. The Morgan fingerprint density at radius 2 is 1.83 bits per heavy atom. The van der Waals surface area contributed by atoms with Crippen molar-refractivity contribution in [2.24, 2.45) is 5.92 Å².